The molecule has 110 valence electrons. The van der Waals surface area contributed by atoms with Crippen LogP contribution in [0.4, 0.5) is 0 Å². The molecule has 0 aromatic heterocycles. The van der Waals surface area contributed by atoms with E-state index in [-0.39, 0.29) is 36.1 Å². The Morgan fingerprint density at radius 3 is 2.47 bits per heavy atom. The molecule has 0 radical (unpaired) electrons. The number of ketones is 1. The Balaban J connectivity index is 3.97. The first kappa shape index (κ1) is 17.4. The Morgan fingerprint density at radius 1 is 1.37 bits per heavy atom. The first-order chi connectivity index (χ1) is 8.88. The minimum absolute atomic E-state index is 0.0307. The van der Waals surface area contributed by atoms with Crippen molar-refractivity contribution in [3.63, 3.8) is 0 Å². The topological polar surface area (TPSA) is 105 Å². The van der Waals surface area contributed by atoms with Crippen LogP contribution >= 0.6 is 0 Å². The van der Waals surface area contributed by atoms with Crippen molar-refractivity contribution in [1.29, 1.82) is 5.41 Å². The maximum Gasteiger partial charge on any atom is 0.278 e. The molecule has 0 aromatic carbocycles. The minimum atomic E-state index is -0.306. The van der Waals surface area contributed by atoms with Crippen molar-refractivity contribution in [3.8, 4) is 0 Å². The second-order valence-electron chi connectivity index (χ2n) is 4.80. The van der Waals surface area contributed by atoms with Crippen molar-refractivity contribution in [2.45, 2.75) is 40.0 Å². The van der Waals surface area contributed by atoms with Gasteiger partial charge in [0.15, 0.2) is 5.78 Å². The monoisotopic (exact) mass is 271 g/mol. The van der Waals surface area contributed by atoms with Crippen LogP contribution in [0.5, 0.6) is 0 Å². The molecule has 6 heteroatoms. The normalized spacial score (nSPS) is 12.0. The Labute approximate surface area is 114 Å². The second kappa shape index (κ2) is 9.35. The predicted octanol–water partition coefficient (Wildman–Crippen LogP) is 1.04. The summed E-state index contributed by atoms with van der Waals surface area (Å²) in [5, 5.41) is 9.57. The zero-order valence-corrected chi connectivity index (χ0v) is 12.0. The third kappa shape index (κ3) is 8.18. The van der Waals surface area contributed by atoms with Gasteiger partial charge in [-0.1, -0.05) is 20.8 Å². The van der Waals surface area contributed by atoms with Gasteiger partial charge in [0.2, 0.25) is 5.91 Å². The molecule has 0 aromatic rings. The van der Waals surface area contributed by atoms with Crippen LogP contribution in [-0.2, 0) is 14.3 Å². The fourth-order valence-corrected chi connectivity index (χ4v) is 1.56. The van der Waals surface area contributed by atoms with E-state index in [4.69, 9.17) is 15.9 Å². The van der Waals surface area contributed by atoms with Gasteiger partial charge in [-0.25, -0.2) is 0 Å². The smallest absolute Gasteiger partial charge is 0.278 e. The Morgan fingerprint density at radius 2 is 2.00 bits per heavy atom. The highest BCUT2D eigenvalue weighted by Crippen LogP contribution is 2.11. The summed E-state index contributed by atoms with van der Waals surface area (Å²) in [5.74, 6) is -0.262. The molecule has 0 saturated heterocycles. The highest BCUT2D eigenvalue weighted by molar-refractivity contribution is 5.87. The summed E-state index contributed by atoms with van der Waals surface area (Å²) in [7, 11) is 0. The van der Waals surface area contributed by atoms with Crippen LogP contribution in [0.2, 0.25) is 0 Å². The van der Waals surface area contributed by atoms with E-state index in [1.807, 2.05) is 20.8 Å². The second-order valence-corrected chi connectivity index (χ2v) is 4.80. The van der Waals surface area contributed by atoms with E-state index in [2.05, 4.69) is 5.32 Å². The molecule has 0 fully saturated rings. The molecule has 0 spiro atoms. The van der Waals surface area contributed by atoms with Crippen molar-refractivity contribution >= 4 is 17.7 Å². The van der Waals surface area contributed by atoms with E-state index in [1.165, 1.54) is 0 Å². The number of nitrogens with two attached hydrogens (primary N) is 1. The molecule has 19 heavy (non-hydrogen) atoms. The third-order valence-corrected chi connectivity index (χ3v) is 2.90. The van der Waals surface area contributed by atoms with Crippen LogP contribution < -0.4 is 11.1 Å². The lowest BCUT2D eigenvalue weighted by atomic mass is 9.99. The molecule has 6 nitrogen and oxygen atoms in total. The number of carbonyl (C=O) groups excluding carboxylic acids is 2. The summed E-state index contributed by atoms with van der Waals surface area (Å²) >= 11 is 0. The number of hydrogen-bond acceptors (Lipinski definition) is 4. The molecule has 0 rings (SSSR count). The first-order valence-corrected chi connectivity index (χ1v) is 6.65. The van der Waals surface area contributed by atoms with E-state index in [9.17, 15) is 9.59 Å². The molecule has 1 unspecified atom stereocenters. The Bertz CT molecular complexity index is 316. The Hall–Kier alpha value is -1.59. The number of Topliss-reactive ketones (excluding diaryl/α,β-unsaturated/α-hetero) is 1. The molecule has 1 amide bonds. The van der Waals surface area contributed by atoms with Crippen molar-refractivity contribution in [3.05, 3.63) is 0 Å². The van der Waals surface area contributed by atoms with Gasteiger partial charge in [-0.15, -0.1) is 0 Å². The fourth-order valence-electron chi connectivity index (χ4n) is 1.56. The highest BCUT2D eigenvalue weighted by atomic mass is 16.5. The zero-order chi connectivity index (χ0) is 14.8. The number of nitrogens with one attached hydrogen (secondary N) is 2. The number of carbonyl (C=O) groups is 2. The molecule has 0 heterocycles. The average Bonchev–Trinajstić information content (AvgIpc) is 2.35. The summed E-state index contributed by atoms with van der Waals surface area (Å²) in [5.41, 5.74) is 5.06. The average molecular weight is 271 g/mol. The molecule has 0 aliphatic carbocycles. The summed E-state index contributed by atoms with van der Waals surface area (Å²) in [6.07, 6.45) is 2.02. The van der Waals surface area contributed by atoms with Gasteiger partial charge in [0.1, 0.15) is 0 Å². The summed E-state index contributed by atoms with van der Waals surface area (Å²) < 4.78 is 4.82. The van der Waals surface area contributed by atoms with E-state index < -0.39 is 0 Å². The van der Waals surface area contributed by atoms with Gasteiger partial charge in [-0.2, -0.15) is 0 Å². The molecule has 0 aliphatic heterocycles. The molecular weight excluding hydrogens is 246 g/mol. The van der Waals surface area contributed by atoms with E-state index in [1.54, 1.807) is 0 Å². The lowest BCUT2D eigenvalue weighted by Gasteiger charge is -2.15. The standard InChI is InChI=1S/C13H25N3O3/c1-4-10(6-5-7-19-13(14)15)12(18)16-8-11(17)9(2)3/h9-10H,4-8H2,1-3H3,(H3,14,15)(H,16,18). The lowest BCUT2D eigenvalue weighted by Crippen LogP contribution is -2.36. The van der Waals surface area contributed by atoms with Gasteiger partial charge in [0.05, 0.1) is 13.2 Å². The largest absolute Gasteiger partial charge is 0.466 e. The van der Waals surface area contributed by atoms with E-state index >= 15 is 0 Å². The van der Waals surface area contributed by atoms with Crippen LogP contribution in [0.1, 0.15) is 40.0 Å². The molecule has 0 saturated carbocycles. The number of hydrogen-bond donors (Lipinski definition) is 3. The van der Waals surface area contributed by atoms with Gasteiger partial charge in [-0.3, -0.25) is 15.0 Å². The first-order valence-electron chi connectivity index (χ1n) is 6.65. The number of amides is 1. The predicted molar refractivity (Wildman–Crippen MR) is 73.7 cm³/mol. The quantitative estimate of drug-likeness (QED) is 0.331. The van der Waals surface area contributed by atoms with Gasteiger partial charge in [-0.05, 0) is 19.3 Å². The van der Waals surface area contributed by atoms with Crippen LogP contribution in [0, 0.1) is 17.2 Å². The molecule has 0 aliphatic rings. The summed E-state index contributed by atoms with van der Waals surface area (Å²) in [4.78, 5) is 23.3. The maximum atomic E-state index is 11.9. The van der Waals surface area contributed by atoms with Crippen molar-refractivity contribution in [2.75, 3.05) is 13.2 Å². The molecule has 1 atom stereocenters. The number of rotatable bonds is 9. The van der Waals surface area contributed by atoms with E-state index in [0.717, 1.165) is 0 Å². The van der Waals surface area contributed by atoms with E-state index in [0.29, 0.717) is 25.9 Å². The summed E-state index contributed by atoms with van der Waals surface area (Å²) in [6, 6.07) is -0.306. The Kier molecular flexibility index (Phi) is 8.57. The van der Waals surface area contributed by atoms with Crippen molar-refractivity contribution in [2.24, 2.45) is 17.6 Å². The number of ether oxygens (including phenoxy) is 1. The van der Waals surface area contributed by atoms with Gasteiger partial charge in [0.25, 0.3) is 6.02 Å². The summed E-state index contributed by atoms with van der Waals surface area (Å²) in [6.45, 7) is 5.98. The van der Waals surface area contributed by atoms with Crippen LogP contribution in [0.15, 0.2) is 0 Å². The molecule has 4 N–H and O–H groups in total. The lowest BCUT2D eigenvalue weighted by molar-refractivity contribution is -0.129. The highest BCUT2D eigenvalue weighted by Gasteiger charge is 2.17. The molecule has 0 bridgehead atoms. The third-order valence-electron chi connectivity index (χ3n) is 2.90. The van der Waals surface area contributed by atoms with Crippen molar-refractivity contribution in [1.82, 2.24) is 5.32 Å². The van der Waals surface area contributed by atoms with Gasteiger partial charge >= 0.3 is 0 Å². The van der Waals surface area contributed by atoms with Crippen molar-refractivity contribution < 1.29 is 14.3 Å². The molecular formula is C13H25N3O3. The zero-order valence-electron chi connectivity index (χ0n) is 12.0. The van der Waals surface area contributed by atoms with Gasteiger partial charge < -0.3 is 15.8 Å². The van der Waals surface area contributed by atoms with Crippen LogP contribution in [0.25, 0.3) is 0 Å². The minimum Gasteiger partial charge on any atom is -0.466 e. The SMILES string of the molecule is CCC(CCCOC(=N)N)C(=O)NCC(=O)C(C)C. The van der Waals surface area contributed by atoms with Crippen LogP contribution in [-0.4, -0.2) is 30.9 Å². The van der Waals surface area contributed by atoms with Crippen LogP contribution in [0.3, 0.4) is 0 Å². The van der Waals surface area contributed by atoms with Gasteiger partial charge in [0, 0.05) is 11.8 Å². The maximum absolute atomic E-state index is 11.9. The fraction of sp³-hybridized carbons (Fsp3) is 0.769. The number of amidine groups is 1.